The monoisotopic (exact) mass is 298 g/mol. The average Bonchev–Trinajstić information content (AvgIpc) is 2.42. The van der Waals surface area contributed by atoms with Crippen molar-refractivity contribution in [1.82, 2.24) is 4.98 Å². The Hall–Kier alpha value is -1.88. The second-order valence-electron chi connectivity index (χ2n) is 4.14. The maximum absolute atomic E-state index is 12.1. The lowest BCUT2D eigenvalue weighted by atomic mass is 10.2. The van der Waals surface area contributed by atoms with Gasteiger partial charge in [-0.15, -0.1) is 0 Å². The molecule has 20 heavy (non-hydrogen) atoms. The highest BCUT2D eigenvalue weighted by atomic mass is 35.5. The minimum atomic E-state index is -2.89. The van der Waals surface area contributed by atoms with Gasteiger partial charge < -0.3 is 10.1 Å². The maximum Gasteiger partial charge on any atom is 0.387 e. The average molecular weight is 299 g/mol. The summed E-state index contributed by atoms with van der Waals surface area (Å²) in [4.78, 5) is 4.23. The van der Waals surface area contributed by atoms with Gasteiger partial charge in [0.2, 0.25) is 0 Å². The van der Waals surface area contributed by atoms with E-state index in [2.05, 4.69) is 15.0 Å². The van der Waals surface area contributed by atoms with E-state index in [1.807, 2.05) is 25.1 Å². The standard InChI is InChI=1S/C14H13ClF2N2O/c1-9(12-4-2-3-7-18-12)19-10-5-6-13(11(15)8-10)20-14(16)17/h2-9,14,19H,1H3. The molecule has 3 nitrogen and oxygen atoms in total. The molecule has 1 aromatic heterocycles. The summed E-state index contributed by atoms with van der Waals surface area (Å²) in [6, 6.07) is 10.2. The molecule has 6 heteroatoms. The normalized spacial score (nSPS) is 12.2. The van der Waals surface area contributed by atoms with Crippen molar-refractivity contribution in [2.45, 2.75) is 19.6 Å². The summed E-state index contributed by atoms with van der Waals surface area (Å²) in [6.07, 6.45) is 1.71. The van der Waals surface area contributed by atoms with Crippen molar-refractivity contribution in [3.8, 4) is 5.75 Å². The van der Waals surface area contributed by atoms with E-state index < -0.39 is 6.61 Å². The lowest BCUT2D eigenvalue weighted by Crippen LogP contribution is -2.08. The van der Waals surface area contributed by atoms with E-state index in [9.17, 15) is 8.78 Å². The lowest BCUT2D eigenvalue weighted by Gasteiger charge is -2.15. The van der Waals surface area contributed by atoms with Gasteiger partial charge in [0.15, 0.2) is 0 Å². The zero-order chi connectivity index (χ0) is 14.5. The molecule has 1 unspecified atom stereocenters. The minimum Gasteiger partial charge on any atom is -0.433 e. The number of hydrogen-bond donors (Lipinski definition) is 1. The number of halogens is 3. The van der Waals surface area contributed by atoms with Crippen molar-refractivity contribution in [2.24, 2.45) is 0 Å². The third-order valence-electron chi connectivity index (χ3n) is 2.66. The Bertz CT molecular complexity index is 566. The van der Waals surface area contributed by atoms with E-state index in [1.165, 1.54) is 6.07 Å². The Morgan fingerprint density at radius 2 is 2.05 bits per heavy atom. The van der Waals surface area contributed by atoms with Gasteiger partial charge in [-0.05, 0) is 37.3 Å². The predicted octanol–water partition coefficient (Wildman–Crippen LogP) is 4.51. The lowest BCUT2D eigenvalue weighted by molar-refractivity contribution is -0.0497. The zero-order valence-corrected chi connectivity index (χ0v) is 11.4. The van der Waals surface area contributed by atoms with Gasteiger partial charge in [-0.2, -0.15) is 8.78 Å². The van der Waals surface area contributed by atoms with Crippen LogP contribution in [0.4, 0.5) is 14.5 Å². The fourth-order valence-electron chi connectivity index (χ4n) is 1.74. The van der Waals surface area contributed by atoms with Crippen molar-refractivity contribution in [2.75, 3.05) is 5.32 Å². The minimum absolute atomic E-state index is 0.0332. The van der Waals surface area contributed by atoms with E-state index in [4.69, 9.17) is 11.6 Å². The number of alkyl halides is 2. The van der Waals surface area contributed by atoms with Crippen LogP contribution in [0.2, 0.25) is 5.02 Å². The molecule has 0 amide bonds. The third kappa shape index (κ3) is 3.81. The zero-order valence-electron chi connectivity index (χ0n) is 10.7. The van der Waals surface area contributed by atoms with E-state index in [0.717, 1.165) is 5.69 Å². The molecule has 0 aliphatic carbocycles. The molecule has 1 N–H and O–H groups in total. The van der Waals surface area contributed by atoms with Crippen LogP contribution in [0, 0.1) is 0 Å². The van der Waals surface area contributed by atoms with Crippen LogP contribution in [0.15, 0.2) is 42.6 Å². The summed E-state index contributed by atoms with van der Waals surface area (Å²) < 4.78 is 28.5. The van der Waals surface area contributed by atoms with Gasteiger partial charge >= 0.3 is 6.61 Å². The first-order chi connectivity index (χ1) is 9.56. The van der Waals surface area contributed by atoms with Gasteiger partial charge in [0.25, 0.3) is 0 Å². The third-order valence-corrected chi connectivity index (χ3v) is 2.96. The number of benzene rings is 1. The molecular formula is C14H13ClF2N2O. The van der Waals surface area contributed by atoms with Crippen LogP contribution in [0.1, 0.15) is 18.7 Å². The first-order valence-corrected chi connectivity index (χ1v) is 6.36. The van der Waals surface area contributed by atoms with E-state index in [1.54, 1.807) is 18.3 Å². The number of hydrogen-bond acceptors (Lipinski definition) is 3. The quantitative estimate of drug-likeness (QED) is 0.882. The fraction of sp³-hybridized carbons (Fsp3) is 0.214. The van der Waals surface area contributed by atoms with Crippen LogP contribution >= 0.6 is 11.6 Å². The first-order valence-electron chi connectivity index (χ1n) is 5.98. The molecule has 0 saturated heterocycles. The van der Waals surface area contributed by atoms with Crippen LogP contribution in [-0.2, 0) is 0 Å². The summed E-state index contributed by atoms with van der Waals surface area (Å²) in [5.74, 6) is -0.0438. The van der Waals surface area contributed by atoms with E-state index in [0.29, 0.717) is 5.69 Å². The highest BCUT2D eigenvalue weighted by Crippen LogP contribution is 2.30. The van der Waals surface area contributed by atoms with Gasteiger partial charge in [-0.25, -0.2) is 0 Å². The summed E-state index contributed by atoms with van der Waals surface area (Å²) in [5, 5.41) is 3.32. The molecule has 0 spiro atoms. The Morgan fingerprint density at radius 1 is 1.25 bits per heavy atom. The smallest absolute Gasteiger partial charge is 0.387 e. The number of pyridine rings is 1. The van der Waals surface area contributed by atoms with Crippen molar-refractivity contribution < 1.29 is 13.5 Å². The number of anilines is 1. The van der Waals surface area contributed by atoms with Gasteiger partial charge in [0.05, 0.1) is 16.8 Å². The van der Waals surface area contributed by atoms with Gasteiger partial charge in [0, 0.05) is 11.9 Å². The molecule has 0 bridgehead atoms. The van der Waals surface area contributed by atoms with Gasteiger partial charge in [0.1, 0.15) is 5.75 Å². The summed E-state index contributed by atoms with van der Waals surface area (Å²) in [5.41, 5.74) is 1.58. The Labute approximate surface area is 120 Å². The molecule has 1 aromatic carbocycles. The van der Waals surface area contributed by atoms with E-state index >= 15 is 0 Å². The fourth-order valence-corrected chi connectivity index (χ4v) is 1.96. The number of aromatic nitrogens is 1. The van der Waals surface area contributed by atoms with Gasteiger partial charge in [-0.3, -0.25) is 4.98 Å². The maximum atomic E-state index is 12.1. The van der Waals surface area contributed by atoms with Crippen molar-refractivity contribution in [3.05, 3.63) is 53.3 Å². The predicted molar refractivity (Wildman–Crippen MR) is 74.4 cm³/mol. The topological polar surface area (TPSA) is 34.1 Å². The van der Waals surface area contributed by atoms with Gasteiger partial charge in [-0.1, -0.05) is 17.7 Å². The van der Waals surface area contributed by atoms with Crippen LogP contribution in [0.3, 0.4) is 0 Å². The molecule has 0 aliphatic rings. The van der Waals surface area contributed by atoms with Crippen molar-refractivity contribution >= 4 is 17.3 Å². The summed E-state index contributed by atoms with van der Waals surface area (Å²) in [7, 11) is 0. The molecule has 0 aliphatic heterocycles. The molecule has 1 heterocycles. The SMILES string of the molecule is CC(Nc1ccc(OC(F)F)c(Cl)c1)c1ccccn1. The molecule has 106 valence electrons. The van der Waals surface area contributed by atoms with Crippen molar-refractivity contribution in [3.63, 3.8) is 0 Å². The highest BCUT2D eigenvalue weighted by molar-refractivity contribution is 6.32. The Kier molecular flexibility index (Phi) is 4.74. The van der Waals surface area contributed by atoms with Crippen LogP contribution in [0.25, 0.3) is 0 Å². The second-order valence-corrected chi connectivity index (χ2v) is 4.55. The van der Waals surface area contributed by atoms with Crippen LogP contribution in [-0.4, -0.2) is 11.6 Å². The number of rotatable bonds is 5. The highest BCUT2D eigenvalue weighted by Gasteiger charge is 2.11. The molecule has 0 radical (unpaired) electrons. The van der Waals surface area contributed by atoms with E-state index in [-0.39, 0.29) is 16.8 Å². The number of ether oxygens (including phenoxy) is 1. The Balaban J connectivity index is 2.09. The Morgan fingerprint density at radius 3 is 2.65 bits per heavy atom. The molecule has 0 fully saturated rings. The molecule has 2 aromatic rings. The number of nitrogens with zero attached hydrogens (tertiary/aromatic N) is 1. The summed E-state index contributed by atoms with van der Waals surface area (Å²) in [6.45, 7) is -0.946. The molecule has 2 rings (SSSR count). The van der Waals surface area contributed by atoms with Crippen LogP contribution < -0.4 is 10.1 Å². The molecular weight excluding hydrogens is 286 g/mol. The summed E-state index contributed by atoms with van der Waals surface area (Å²) >= 11 is 5.89. The molecule has 0 saturated carbocycles. The largest absolute Gasteiger partial charge is 0.433 e. The number of nitrogens with one attached hydrogen (secondary N) is 1. The second kappa shape index (κ2) is 6.52. The first kappa shape index (κ1) is 14.5. The van der Waals surface area contributed by atoms with Crippen molar-refractivity contribution in [1.29, 1.82) is 0 Å². The molecule has 1 atom stereocenters. The van der Waals surface area contributed by atoms with Crippen LogP contribution in [0.5, 0.6) is 5.75 Å².